The number of nitro benzene ring substituents is 1. The molecule has 8 nitrogen and oxygen atoms in total. The minimum absolute atomic E-state index is 0.0408. The molecule has 2 aromatic rings. The van der Waals surface area contributed by atoms with E-state index < -0.39 is 4.92 Å². The fourth-order valence-electron chi connectivity index (χ4n) is 2.30. The van der Waals surface area contributed by atoms with Gasteiger partial charge in [0.15, 0.2) is 5.17 Å². The Kier molecular flexibility index (Phi) is 5.32. The minimum atomic E-state index is -0.485. The van der Waals surface area contributed by atoms with Gasteiger partial charge >= 0.3 is 0 Å². The summed E-state index contributed by atoms with van der Waals surface area (Å²) in [5.74, 6) is -0.483. The lowest BCUT2D eigenvalue weighted by atomic mass is 10.2. The van der Waals surface area contributed by atoms with Crippen LogP contribution in [0.4, 0.5) is 17.1 Å². The summed E-state index contributed by atoms with van der Waals surface area (Å²) in [7, 11) is 0. The summed E-state index contributed by atoms with van der Waals surface area (Å²) in [4.78, 5) is 38.2. The first-order chi connectivity index (χ1) is 12.9. The molecular formula is C18H14N4O4S. The van der Waals surface area contributed by atoms with Gasteiger partial charge in [0.25, 0.3) is 11.6 Å². The number of anilines is 1. The van der Waals surface area contributed by atoms with E-state index in [0.717, 1.165) is 11.8 Å². The summed E-state index contributed by atoms with van der Waals surface area (Å²) in [5.41, 5.74) is 1.79. The monoisotopic (exact) mass is 382 g/mol. The average molecular weight is 382 g/mol. The molecule has 0 saturated carbocycles. The number of amidine groups is 1. The number of nitrogens with zero attached hydrogens (tertiary/aromatic N) is 2. The van der Waals surface area contributed by atoms with Crippen LogP contribution in [0.5, 0.6) is 0 Å². The Labute approximate surface area is 158 Å². The lowest BCUT2D eigenvalue weighted by molar-refractivity contribution is -0.384. The van der Waals surface area contributed by atoms with Crippen LogP contribution in [0.2, 0.25) is 0 Å². The first kappa shape index (κ1) is 18.3. The quantitative estimate of drug-likeness (QED) is 0.478. The maximum atomic E-state index is 12.1. The fraction of sp³-hybridized carbons (Fsp3) is 0.0556. The zero-order chi connectivity index (χ0) is 19.4. The molecule has 136 valence electrons. The highest BCUT2D eigenvalue weighted by molar-refractivity contribution is 8.18. The Morgan fingerprint density at radius 3 is 2.67 bits per heavy atom. The lowest BCUT2D eigenvalue weighted by Gasteiger charge is -2.02. The molecule has 0 aliphatic carbocycles. The van der Waals surface area contributed by atoms with Crippen LogP contribution in [-0.2, 0) is 9.59 Å². The van der Waals surface area contributed by atoms with Crippen LogP contribution in [0.1, 0.15) is 12.5 Å². The van der Waals surface area contributed by atoms with E-state index in [4.69, 9.17) is 0 Å². The maximum absolute atomic E-state index is 12.1. The van der Waals surface area contributed by atoms with Crippen LogP contribution in [0.25, 0.3) is 6.08 Å². The molecule has 0 bridgehead atoms. The number of carbonyl (C=O) groups excluding carboxylic acids is 2. The van der Waals surface area contributed by atoms with Crippen molar-refractivity contribution < 1.29 is 14.5 Å². The van der Waals surface area contributed by atoms with Gasteiger partial charge in [0.05, 0.1) is 15.5 Å². The third-order valence-corrected chi connectivity index (χ3v) is 4.36. The number of nitro groups is 1. The van der Waals surface area contributed by atoms with Crippen molar-refractivity contribution in [2.24, 2.45) is 4.99 Å². The number of rotatable bonds is 4. The third-order valence-electron chi connectivity index (χ3n) is 3.45. The Morgan fingerprint density at radius 2 is 2.00 bits per heavy atom. The molecule has 3 rings (SSSR count). The summed E-state index contributed by atoms with van der Waals surface area (Å²) in [6.45, 7) is 1.42. The highest BCUT2D eigenvalue weighted by Crippen LogP contribution is 2.29. The van der Waals surface area contributed by atoms with Gasteiger partial charge in [-0.05, 0) is 47.7 Å². The van der Waals surface area contributed by atoms with Gasteiger partial charge in [-0.3, -0.25) is 19.7 Å². The fourth-order valence-corrected chi connectivity index (χ4v) is 3.14. The Morgan fingerprint density at radius 1 is 1.26 bits per heavy atom. The van der Waals surface area contributed by atoms with E-state index in [0.29, 0.717) is 27.0 Å². The second-order valence-corrected chi connectivity index (χ2v) is 6.59. The SMILES string of the molecule is CC(=O)Nc1ccc(N=C2NC(=O)/C(=C/c3cccc([N+](=O)[O-])c3)S2)cc1. The van der Waals surface area contributed by atoms with Crippen molar-refractivity contribution in [2.75, 3.05) is 5.32 Å². The van der Waals surface area contributed by atoms with Crippen molar-refractivity contribution >= 4 is 51.9 Å². The number of hydrogen-bond acceptors (Lipinski definition) is 6. The van der Waals surface area contributed by atoms with Gasteiger partial charge < -0.3 is 10.6 Å². The van der Waals surface area contributed by atoms with E-state index >= 15 is 0 Å². The second kappa shape index (κ2) is 7.83. The molecule has 2 aromatic carbocycles. The number of hydrogen-bond donors (Lipinski definition) is 2. The largest absolute Gasteiger partial charge is 0.326 e. The summed E-state index contributed by atoms with van der Waals surface area (Å²) in [5, 5.41) is 16.6. The van der Waals surface area contributed by atoms with Gasteiger partial charge in [-0.1, -0.05) is 12.1 Å². The molecule has 1 heterocycles. The number of thioether (sulfide) groups is 1. The predicted molar refractivity (Wildman–Crippen MR) is 105 cm³/mol. The van der Waals surface area contributed by atoms with Gasteiger partial charge in [0.2, 0.25) is 5.91 Å². The van der Waals surface area contributed by atoms with Crippen LogP contribution in [0, 0.1) is 10.1 Å². The van der Waals surface area contributed by atoms with Crippen LogP contribution < -0.4 is 10.6 Å². The summed E-state index contributed by atoms with van der Waals surface area (Å²) in [6.07, 6.45) is 1.58. The zero-order valence-corrected chi connectivity index (χ0v) is 14.9. The van der Waals surface area contributed by atoms with E-state index in [-0.39, 0.29) is 17.5 Å². The molecule has 1 aliphatic rings. The van der Waals surface area contributed by atoms with Crippen molar-refractivity contribution in [3.05, 3.63) is 69.1 Å². The highest BCUT2D eigenvalue weighted by atomic mass is 32.2. The van der Waals surface area contributed by atoms with Crippen molar-refractivity contribution in [1.82, 2.24) is 5.32 Å². The molecule has 0 unspecified atom stereocenters. The first-order valence-corrected chi connectivity index (χ1v) is 8.64. The number of amides is 2. The minimum Gasteiger partial charge on any atom is -0.326 e. The number of nitrogens with one attached hydrogen (secondary N) is 2. The standard InChI is InChI=1S/C18H14N4O4S/c1-11(23)19-13-5-7-14(8-6-13)20-18-21-17(24)16(27-18)10-12-3-2-4-15(9-12)22(25)26/h2-10H,1H3,(H,19,23)(H,20,21,24)/b16-10-. The number of non-ortho nitro benzene ring substituents is 1. The van der Waals surface area contributed by atoms with Crippen molar-refractivity contribution in [1.29, 1.82) is 0 Å². The zero-order valence-electron chi connectivity index (χ0n) is 14.1. The summed E-state index contributed by atoms with van der Waals surface area (Å²) >= 11 is 1.15. The second-order valence-electron chi connectivity index (χ2n) is 5.56. The van der Waals surface area contributed by atoms with Gasteiger partial charge in [-0.2, -0.15) is 0 Å². The Hall–Kier alpha value is -3.46. The Balaban J connectivity index is 1.76. The van der Waals surface area contributed by atoms with Gasteiger partial charge in [0, 0.05) is 24.7 Å². The molecule has 0 radical (unpaired) electrons. The number of aliphatic imine (C=N–C) groups is 1. The first-order valence-electron chi connectivity index (χ1n) is 7.82. The number of benzene rings is 2. The van der Waals surface area contributed by atoms with Gasteiger partial charge in [-0.15, -0.1) is 0 Å². The molecule has 1 saturated heterocycles. The molecule has 27 heavy (non-hydrogen) atoms. The summed E-state index contributed by atoms with van der Waals surface area (Å²) < 4.78 is 0. The van der Waals surface area contributed by atoms with E-state index in [1.54, 1.807) is 42.5 Å². The smallest absolute Gasteiger partial charge is 0.270 e. The van der Waals surface area contributed by atoms with E-state index in [1.165, 1.54) is 19.1 Å². The molecule has 1 aliphatic heterocycles. The van der Waals surface area contributed by atoms with E-state index in [2.05, 4.69) is 15.6 Å². The van der Waals surface area contributed by atoms with Crippen LogP contribution >= 0.6 is 11.8 Å². The highest BCUT2D eigenvalue weighted by Gasteiger charge is 2.24. The van der Waals surface area contributed by atoms with Crippen molar-refractivity contribution in [3.8, 4) is 0 Å². The normalized spacial score (nSPS) is 16.4. The van der Waals surface area contributed by atoms with Crippen LogP contribution in [-0.4, -0.2) is 21.9 Å². The van der Waals surface area contributed by atoms with Crippen molar-refractivity contribution in [3.63, 3.8) is 0 Å². The topological polar surface area (TPSA) is 114 Å². The van der Waals surface area contributed by atoms with Gasteiger partial charge in [-0.25, -0.2) is 4.99 Å². The molecule has 9 heteroatoms. The molecule has 1 fully saturated rings. The maximum Gasteiger partial charge on any atom is 0.270 e. The van der Waals surface area contributed by atoms with Crippen LogP contribution in [0.15, 0.2) is 58.4 Å². The average Bonchev–Trinajstić information content (AvgIpc) is 2.95. The molecule has 2 N–H and O–H groups in total. The molecular weight excluding hydrogens is 368 g/mol. The third kappa shape index (κ3) is 4.79. The lowest BCUT2D eigenvalue weighted by Crippen LogP contribution is -2.19. The predicted octanol–water partition coefficient (Wildman–Crippen LogP) is 3.44. The molecule has 0 atom stereocenters. The molecule has 0 spiro atoms. The number of carbonyl (C=O) groups is 2. The van der Waals surface area contributed by atoms with Crippen molar-refractivity contribution in [2.45, 2.75) is 6.92 Å². The van der Waals surface area contributed by atoms with Gasteiger partial charge in [0.1, 0.15) is 0 Å². The molecule has 2 amide bonds. The Bertz CT molecular complexity index is 983. The van der Waals surface area contributed by atoms with E-state index in [9.17, 15) is 19.7 Å². The van der Waals surface area contributed by atoms with Crippen LogP contribution in [0.3, 0.4) is 0 Å². The molecule has 0 aromatic heterocycles. The summed E-state index contributed by atoms with van der Waals surface area (Å²) in [6, 6.07) is 12.9. The van der Waals surface area contributed by atoms with E-state index in [1.807, 2.05) is 0 Å².